The summed E-state index contributed by atoms with van der Waals surface area (Å²) < 4.78 is 10.3. The molecule has 0 spiro atoms. The summed E-state index contributed by atoms with van der Waals surface area (Å²) in [6.07, 6.45) is 0.854. The van der Waals surface area contributed by atoms with E-state index in [2.05, 4.69) is 20.6 Å². The predicted molar refractivity (Wildman–Crippen MR) is 85.3 cm³/mol. The van der Waals surface area contributed by atoms with Crippen molar-refractivity contribution in [3.63, 3.8) is 0 Å². The standard InChI is InChI=1S/C14H20ClN5O3/c1-14(2,3)23-13(21)19-9(8-22-4)6-18-11-7-17-10(5-16)12(15)20-11/h7,9H,6,8H2,1-4H3,(H,18,20)(H,19,21)/t9-/m0/s1. The lowest BCUT2D eigenvalue weighted by atomic mass is 10.2. The van der Waals surface area contributed by atoms with E-state index in [1.807, 2.05) is 6.07 Å². The number of ether oxygens (including phenoxy) is 2. The molecule has 0 unspecified atom stereocenters. The van der Waals surface area contributed by atoms with E-state index in [4.69, 9.17) is 26.3 Å². The lowest BCUT2D eigenvalue weighted by Gasteiger charge is -2.23. The van der Waals surface area contributed by atoms with Gasteiger partial charge in [-0.2, -0.15) is 5.26 Å². The maximum atomic E-state index is 11.8. The van der Waals surface area contributed by atoms with Gasteiger partial charge in [0, 0.05) is 13.7 Å². The van der Waals surface area contributed by atoms with E-state index < -0.39 is 11.7 Å². The minimum atomic E-state index is -0.582. The number of halogens is 1. The van der Waals surface area contributed by atoms with Gasteiger partial charge in [-0.1, -0.05) is 11.6 Å². The SMILES string of the molecule is COC[C@H](CNc1cnc(C#N)c(Cl)n1)NC(=O)OC(C)(C)C. The zero-order valence-electron chi connectivity index (χ0n) is 13.5. The Kier molecular flexibility index (Phi) is 7.00. The number of nitrogens with zero attached hydrogens (tertiary/aromatic N) is 3. The number of nitriles is 1. The van der Waals surface area contributed by atoms with Gasteiger partial charge in [-0.05, 0) is 20.8 Å². The van der Waals surface area contributed by atoms with Crippen LogP contribution in [0.2, 0.25) is 5.15 Å². The fraction of sp³-hybridized carbons (Fsp3) is 0.571. The number of carbonyl (C=O) groups excluding carboxylic acids is 1. The zero-order chi connectivity index (χ0) is 17.5. The van der Waals surface area contributed by atoms with Gasteiger partial charge in [0.25, 0.3) is 0 Å². The van der Waals surface area contributed by atoms with Crippen LogP contribution in [0.3, 0.4) is 0 Å². The van der Waals surface area contributed by atoms with E-state index in [9.17, 15) is 4.79 Å². The largest absolute Gasteiger partial charge is 0.444 e. The smallest absolute Gasteiger partial charge is 0.408 e. The second kappa shape index (κ2) is 8.50. The third kappa shape index (κ3) is 7.13. The third-order valence-electron chi connectivity index (χ3n) is 2.45. The molecule has 0 aliphatic carbocycles. The Hall–Kier alpha value is -2.11. The van der Waals surface area contributed by atoms with E-state index in [0.29, 0.717) is 12.4 Å². The zero-order valence-corrected chi connectivity index (χ0v) is 14.3. The fourth-order valence-corrected chi connectivity index (χ4v) is 1.76. The molecule has 126 valence electrons. The first-order chi connectivity index (χ1) is 10.7. The molecule has 0 fully saturated rings. The van der Waals surface area contributed by atoms with Crippen molar-refractivity contribution in [2.75, 3.05) is 25.6 Å². The molecule has 0 aliphatic heterocycles. The molecule has 0 saturated carbocycles. The van der Waals surface area contributed by atoms with Crippen LogP contribution in [0.15, 0.2) is 6.20 Å². The van der Waals surface area contributed by atoms with Crippen LogP contribution in [-0.2, 0) is 9.47 Å². The summed E-state index contributed by atoms with van der Waals surface area (Å²) in [6.45, 7) is 5.95. The van der Waals surface area contributed by atoms with Gasteiger partial charge in [0.1, 0.15) is 17.5 Å². The number of rotatable bonds is 6. The molecule has 1 heterocycles. The van der Waals surface area contributed by atoms with Gasteiger partial charge >= 0.3 is 6.09 Å². The van der Waals surface area contributed by atoms with Gasteiger partial charge in [-0.3, -0.25) is 0 Å². The molecule has 23 heavy (non-hydrogen) atoms. The topological polar surface area (TPSA) is 109 Å². The fourth-order valence-electron chi connectivity index (χ4n) is 1.58. The number of amides is 1. The van der Waals surface area contributed by atoms with Crippen LogP contribution >= 0.6 is 11.6 Å². The number of carbonyl (C=O) groups is 1. The van der Waals surface area contributed by atoms with Crippen LogP contribution < -0.4 is 10.6 Å². The molecule has 0 bridgehead atoms. The Morgan fingerprint density at radius 2 is 2.22 bits per heavy atom. The average molecular weight is 342 g/mol. The minimum absolute atomic E-state index is 0.0147. The van der Waals surface area contributed by atoms with Crippen LogP contribution in [0, 0.1) is 11.3 Å². The van der Waals surface area contributed by atoms with Crippen molar-refractivity contribution >= 4 is 23.5 Å². The van der Waals surface area contributed by atoms with E-state index in [-0.39, 0.29) is 23.5 Å². The Bertz CT molecular complexity index is 583. The van der Waals surface area contributed by atoms with Crippen LogP contribution in [0.25, 0.3) is 0 Å². The van der Waals surface area contributed by atoms with Gasteiger partial charge in [0.05, 0.1) is 18.8 Å². The number of hydrogen-bond acceptors (Lipinski definition) is 7. The molecule has 0 aliphatic rings. The Morgan fingerprint density at radius 1 is 1.52 bits per heavy atom. The third-order valence-corrected chi connectivity index (χ3v) is 2.72. The number of aromatic nitrogens is 2. The van der Waals surface area contributed by atoms with Gasteiger partial charge < -0.3 is 20.1 Å². The van der Waals surface area contributed by atoms with Crippen molar-refractivity contribution in [1.29, 1.82) is 5.26 Å². The van der Waals surface area contributed by atoms with E-state index in [1.165, 1.54) is 13.3 Å². The summed E-state index contributed by atoms with van der Waals surface area (Å²) in [6, 6.07) is 1.49. The molecule has 1 aromatic rings. The van der Waals surface area contributed by atoms with Gasteiger partial charge in [0.15, 0.2) is 10.8 Å². The number of anilines is 1. The van der Waals surface area contributed by atoms with Crippen molar-refractivity contribution in [3.8, 4) is 6.07 Å². The number of nitrogens with one attached hydrogen (secondary N) is 2. The normalized spacial score (nSPS) is 12.2. The molecule has 8 nitrogen and oxygen atoms in total. The summed E-state index contributed by atoms with van der Waals surface area (Å²) >= 11 is 5.81. The van der Waals surface area contributed by atoms with Crippen LogP contribution in [0.4, 0.5) is 10.6 Å². The lowest BCUT2D eigenvalue weighted by Crippen LogP contribution is -2.45. The van der Waals surface area contributed by atoms with Crippen LogP contribution in [0.1, 0.15) is 26.5 Å². The molecule has 0 radical (unpaired) electrons. The van der Waals surface area contributed by atoms with Gasteiger partial charge in [-0.25, -0.2) is 14.8 Å². The first-order valence-electron chi connectivity index (χ1n) is 6.90. The second-order valence-electron chi connectivity index (χ2n) is 5.69. The highest BCUT2D eigenvalue weighted by molar-refractivity contribution is 6.30. The van der Waals surface area contributed by atoms with Crippen LogP contribution in [-0.4, -0.2) is 48.0 Å². The highest BCUT2D eigenvalue weighted by Crippen LogP contribution is 2.12. The quantitative estimate of drug-likeness (QED) is 0.813. The second-order valence-corrected chi connectivity index (χ2v) is 6.04. The van der Waals surface area contributed by atoms with Crippen molar-refractivity contribution in [2.45, 2.75) is 32.4 Å². The van der Waals surface area contributed by atoms with E-state index in [0.717, 1.165) is 0 Å². The molecule has 1 aromatic heterocycles. The van der Waals surface area contributed by atoms with E-state index in [1.54, 1.807) is 20.8 Å². The Labute approximate surface area is 140 Å². The average Bonchev–Trinajstić information content (AvgIpc) is 2.43. The lowest BCUT2D eigenvalue weighted by molar-refractivity contribution is 0.0474. The molecule has 2 N–H and O–H groups in total. The predicted octanol–water partition coefficient (Wildman–Crippen LogP) is 1.95. The highest BCUT2D eigenvalue weighted by Gasteiger charge is 2.19. The highest BCUT2D eigenvalue weighted by atomic mass is 35.5. The summed E-state index contributed by atoms with van der Waals surface area (Å²) in [5.74, 6) is 0.390. The molecular weight excluding hydrogens is 322 g/mol. The summed E-state index contributed by atoms with van der Waals surface area (Å²) in [5.41, 5.74) is -0.529. The Morgan fingerprint density at radius 3 is 2.74 bits per heavy atom. The summed E-state index contributed by atoms with van der Waals surface area (Å²) in [5, 5.41) is 14.4. The first-order valence-corrected chi connectivity index (χ1v) is 7.28. The number of hydrogen-bond donors (Lipinski definition) is 2. The Balaban J connectivity index is 2.61. The first kappa shape index (κ1) is 18.9. The van der Waals surface area contributed by atoms with Crippen LogP contribution in [0.5, 0.6) is 0 Å². The molecular formula is C14H20ClN5O3. The van der Waals surface area contributed by atoms with Crippen molar-refractivity contribution < 1.29 is 14.3 Å². The molecule has 1 rings (SSSR count). The maximum absolute atomic E-state index is 11.8. The molecule has 1 atom stereocenters. The number of alkyl carbamates (subject to hydrolysis) is 1. The summed E-state index contributed by atoms with van der Waals surface area (Å²) in [7, 11) is 1.53. The summed E-state index contributed by atoms with van der Waals surface area (Å²) in [4.78, 5) is 19.7. The molecule has 0 aromatic carbocycles. The van der Waals surface area contributed by atoms with Crippen molar-refractivity contribution in [3.05, 3.63) is 17.0 Å². The van der Waals surface area contributed by atoms with E-state index >= 15 is 0 Å². The molecule has 0 saturated heterocycles. The molecule has 9 heteroatoms. The minimum Gasteiger partial charge on any atom is -0.444 e. The van der Waals surface area contributed by atoms with Crippen molar-refractivity contribution in [1.82, 2.24) is 15.3 Å². The monoisotopic (exact) mass is 341 g/mol. The van der Waals surface area contributed by atoms with Gasteiger partial charge in [-0.15, -0.1) is 0 Å². The number of methoxy groups -OCH3 is 1. The molecule has 1 amide bonds. The van der Waals surface area contributed by atoms with Crippen molar-refractivity contribution in [2.24, 2.45) is 0 Å². The maximum Gasteiger partial charge on any atom is 0.408 e. The van der Waals surface area contributed by atoms with Gasteiger partial charge in [0.2, 0.25) is 0 Å².